The summed E-state index contributed by atoms with van der Waals surface area (Å²) in [5.74, 6) is 0.0442. The van der Waals surface area contributed by atoms with Gasteiger partial charge in [0.1, 0.15) is 0 Å². The lowest BCUT2D eigenvalue weighted by Gasteiger charge is -2.08. The first kappa shape index (κ1) is 14.8. The standard InChI is InChI=1S/C17H21N3O2/c21-17(9-16-7-4-8-22-16)18-10-15-11-19-20(13-15)12-14-5-2-1-3-6-14/h1-3,5-6,11,13,16H,4,7-10,12H2,(H,18,21)/t16-/m1/s1. The van der Waals surface area contributed by atoms with Gasteiger partial charge in [-0.25, -0.2) is 0 Å². The van der Waals surface area contributed by atoms with Crippen LogP contribution < -0.4 is 5.32 Å². The number of carbonyl (C=O) groups excluding carboxylic acids is 1. The zero-order valence-electron chi connectivity index (χ0n) is 12.6. The van der Waals surface area contributed by atoms with Gasteiger partial charge in [0.05, 0.1) is 25.3 Å². The molecule has 5 heteroatoms. The van der Waals surface area contributed by atoms with Crippen LogP contribution in [0.3, 0.4) is 0 Å². The second-order valence-electron chi connectivity index (χ2n) is 5.65. The summed E-state index contributed by atoms with van der Waals surface area (Å²) in [4.78, 5) is 11.9. The molecule has 3 rings (SSSR count). The van der Waals surface area contributed by atoms with Gasteiger partial charge < -0.3 is 10.1 Å². The minimum Gasteiger partial charge on any atom is -0.378 e. The fourth-order valence-electron chi connectivity index (χ4n) is 2.64. The first-order valence-electron chi connectivity index (χ1n) is 7.73. The zero-order valence-corrected chi connectivity index (χ0v) is 12.6. The average Bonchev–Trinajstić information content (AvgIpc) is 3.18. The zero-order chi connectivity index (χ0) is 15.2. The molecule has 1 aliphatic heterocycles. The number of rotatable bonds is 6. The first-order chi connectivity index (χ1) is 10.8. The van der Waals surface area contributed by atoms with Gasteiger partial charge in [-0.05, 0) is 18.4 Å². The number of hydrogen-bond donors (Lipinski definition) is 1. The summed E-state index contributed by atoms with van der Waals surface area (Å²) in [5.41, 5.74) is 2.22. The van der Waals surface area contributed by atoms with Gasteiger partial charge in [0.15, 0.2) is 0 Å². The molecule has 22 heavy (non-hydrogen) atoms. The molecule has 0 spiro atoms. The Bertz CT molecular complexity index is 603. The molecule has 2 aromatic rings. The van der Waals surface area contributed by atoms with Crippen LogP contribution in [0.25, 0.3) is 0 Å². The number of nitrogens with one attached hydrogen (secondary N) is 1. The Kier molecular flexibility index (Phi) is 4.85. The summed E-state index contributed by atoms with van der Waals surface area (Å²) < 4.78 is 7.35. The molecule has 1 N–H and O–H groups in total. The Morgan fingerprint density at radius 2 is 2.18 bits per heavy atom. The molecular weight excluding hydrogens is 278 g/mol. The van der Waals surface area contributed by atoms with E-state index < -0.39 is 0 Å². The van der Waals surface area contributed by atoms with Crippen LogP contribution >= 0.6 is 0 Å². The molecule has 1 saturated heterocycles. The lowest BCUT2D eigenvalue weighted by Crippen LogP contribution is -2.26. The van der Waals surface area contributed by atoms with Crippen molar-refractivity contribution in [1.29, 1.82) is 0 Å². The second-order valence-corrected chi connectivity index (χ2v) is 5.65. The van der Waals surface area contributed by atoms with Crippen molar-refractivity contribution < 1.29 is 9.53 Å². The number of amides is 1. The maximum absolute atomic E-state index is 11.9. The van der Waals surface area contributed by atoms with Crippen molar-refractivity contribution in [2.45, 2.75) is 38.5 Å². The summed E-state index contributed by atoms with van der Waals surface area (Å²) in [5, 5.41) is 7.26. The molecule has 0 unspecified atom stereocenters. The highest BCUT2D eigenvalue weighted by Crippen LogP contribution is 2.15. The summed E-state index contributed by atoms with van der Waals surface area (Å²) >= 11 is 0. The summed E-state index contributed by atoms with van der Waals surface area (Å²) in [7, 11) is 0. The van der Waals surface area contributed by atoms with Crippen LogP contribution in [0, 0.1) is 0 Å². The van der Waals surface area contributed by atoms with E-state index in [2.05, 4.69) is 22.5 Å². The lowest BCUT2D eigenvalue weighted by atomic mass is 10.2. The van der Waals surface area contributed by atoms with E-state index in [0.29, 0.717) is 13.0 Å². The minimum absolute atomic E-state index is 0.0442. The highest BCUT2D eigenvalue weighted by Gasteiger charge is 2.18. The third-order valence-corrected chi connectivity index (χ3v) is 3.80. The largest absolute Gasteiger partial charge is 0.378 e. The number of aromatic nitrogens is 2. The summed E-state index contributed by atoms with van der Waals surface area (Å²) in [6.07, 6.45) is 6.38. The quantitative estimate of drug-likeness (QED) is 0.889. The molecule has 0 radical (unpaired) electrons. The van der Waals surface area contributed by atoms with Gasteiger partial charge in [-0.1, -0.05) is 30.3 Å². The van der Waals surface area contributed by atoms with Crippen molar-refractivity contribution in [3.05, 3.63) is 53.9 Å². The Hall–Kier alpha value is -2.14. The van der Waals surface area contributed by atoms with Gasteiger partial charge in [-0.2, -0.15) is 5.10 Å². The molecule has 1 aliphatic rings. The van der Waals surface area contributed by atoms with E-state index in [0.717, 1.165) is 31.6 Å². The minimum atomic E-state index is 0.0442. The maximum Gasteiger partial charge on any atom is 0.222 e. The van der Waals surface area contributed by atoms with Crippen molar-refractivity contribution in [2.75, 3.05) is 6.61 Å². The van der Waals surface area contributed by atoms with Gasteiger partial charge in [-0.15, -0.1) is 0 Å². The van der Waals surface area contributed by atoms with Gasteiger partial charge in [-0.3, -0.25) is 9.48 Å². The molecule has 1 aromatic carbocycles. The third-order valence-electron chi connectivity index (χ3n) is 3.80. The fourth-order valence-corrected chi connectivity index (χ4v) is 2.64. The van der Waals surface area contributed by atoms with E-state index in [9.17, 15) is 4.79 Å². The highest BCUT2D eigenvalue weighted by atomic mass is 16.5. The van der Waals surface area contributed by atoms with Crippen LogP contribution in [0.5, 0.6) is 0 Å². The fraction of sp³-hybridized carbons (Fsp3) is 0.412. The van der Waals surface area contributed by atoms with Crippen LogP contribution in [-0.4, -0.2) is 28.4 Å². The Balaban J connectivity index is 1.46. The van der Waals surface area contributed by atoms with Crippen molar-refractivity contribution in [3.8, 4) is 0 Å². The molecule has 2 heterocycles. The van der Waals surface area contributed by atoms with Gasteiger partial charge >= 0.3 is 0 Å². The van der Waals surface area contributed by atoms with E-state index in [4.69, 9.17) is 4.74 Å². The van der Waals surface area contributed by atoms with E-state index in [-0.39, 0.29) is 12.0 Å². The Morgan fingerprint density at radius 3 is 2.95 bits per heavy atom. The third kappa shape index (κ3) is 4.18. The van der Waals surface area contributed by atoms with Crippen LogP contribution in [0.15, 0.2) is 42.7 Å². The average molecular weight is 299 g/mol. The number of benzene rings is 1. The summed E-state index contributed by atoms with van der Waals surface area (Å²) in [6, 6.07) is 10.2. The van der Waals surface area contributed by atoms with Gasteiger partial charge in [0.2, 0.25) is 5.91 Å². The molecule has 0 saturated carbocycles. The number of hydrogen-bond acceptors (Lipinski definition) is 3. The monoisotopic (exact) mass is 299 g/mol. The molecule has 116 valence electrons. The molecular formula is C17H21N3O2. The van der Waals surface area contributed by atoms with Gasteiger partial charge in [0, 0.05) is 24.9 Å². The van der Waals surface area contributed by atoms with Crippen LogP contribution in [0.4, 0.5) is 0 Å². The van der Waals surface area contributed by atoms with Crippen molar-refractivity contribution in [3.63, 3.8) is 0 Å². The predicted molar refractivity (Wildman–Crippen MR) is 83.2 cm³/mol. The SMILES string of the molecule is O=C(C[C@H]1CCCO1)NCc1cnn(Cc2ccccc2)c1. The van der Waals surface area contributed by atoms with E-state index in [1.54, 1.807) is 6.20 Å². The topological polar surface area (TPSA) is 56.1 Å². The molecule has 0 bridgehead atoms. The normalized spacial score (nSPS) is 17.5. The maximum atomic E-state index is 11.9. The molecule has 0 aliphatic carbocycles. The van der Waals surface area contributed by atoms with Crippen LogP contribution in [-0.2, 0) is 22.6 Å². The van der Waals surface area contributed by atoms with Crippen molar-refractivity contribution in [1.82, 2.24) is 15.1 Å². The van der Waals surface area contributed by atoms with Crippen LogP contribution in [0.1, 0.15) is 30.4 Å². The van der Waals surface area contributed by atoms with E-state index >= 15 is 0 Å². The predicted octanol–water partition coefficient (Wildman–Crippen LogP) is 2.12. The van der Waals surface area contributed by atoms with Crippen LogP contribution in [0.2, 0.25) is 0 Å². The highest BCUT2D eigenvalue weighted by molar-refractivity contribution is 5.76. The Labute approximate surface area is 130 Å². The molecule has 1 aromatic heterocycles. The molecule has 1 fully saturated rings. The first-order valence-corrected chi connectivity index (χ1v) is 7.73. The number of carbonyl (C=O) groups is 1. The van der Waals surface area contributed by atoms with Crippen molar-refractivity contribution >= 4 is 5.91 Å². The van der Waals surface area contributed by atoms with Gasteiger partial charge in [0.25, 0.3) is 0 Å². The van der Waals surface area contributed by atoms with Crippen molar-refractivity contribution in [2.24, 2.45) is 0 Å². The van der Waals surface area contributed by atoms with E-state index in [1.165, 1.54) is 5.56 Å². The molecule has 5 nitrogen and oxygen atoms in total. The molecule has 1 atom stereocenters. The number of nitrogens with zero attached hydrogens (tertiary/aromatic N) is 2. The smallest absolute Gasteiger partial charge is 0.222 e. The second kappa shape index (κ2) is 7.22. The van der Waals surface area contributed by atoms with E-state index in [1.807, 2.05) is 29.1 Å². The lowest BCUT2D eigenvalue weighted by molar-refractivity contribution is -0.123. The number of ether oxygens (including phenoxy) is 1. The Morgan fingerprint density at radius 1 is 1.32 bits per heavy atom. The molecule has 1 amide bonds. The summed E-state index contributed by atoms with van der Waals surface area (Å²) in [6.45, 7) is 2.04.